The molecule has 4 nitrogen and oxygen atoms in total. The number of hydrogen-bond donors (Lipinski definition) is 0. The predicted octanol–water partition coefficient (Wildman–Crippen LogP) is 3.13. The summed E-state index contributed by atoms with van der Waals surface area (Å²) in [5.41, 5.74) is 1.50. The molecular formula is C10H8Br2N4. The van der Waals surface area contributed by atoms with Gasteiger partial charge in [0.25, 0.3) is 0 Å². The third kappa shape index (κ3) is 2.58. The Labute approximate surface area is 111 Å². The average molecular weight is 344 g/mol. The zero-order valence-corrected chi connectivity index (χ0v) is 11.9. The number of alkyl halides is 2. The molecule has 2 unspecified atom stereocenters. The van der Waals surface area contributed by atoms with Crippen molar-refractivity contribution in [2.45, 2.75) is 23.5 Å². The molecule has 1 aromatic heterocycles. The van der Waals surface area contributed by atoms with Crippen LogP contribution in [0.25, 0.3) is 0 Å². The molecule has 0 saturated heterocycles. The van der Waals surface area contributed by atoms with Gasteiger partial charge >= 0.3 is 0 Å². The second-order valence-electron chi connectivity index (χ2n) is 3.15. The first-order chi connectivity index (χ1) is 7.51. The Hall–Kier alpha value is -0.980. The number of aromatic nitrogens is 2. The molecule has 0 aliphatic heterocycles. The Morgan fingerprint density at radius 3 is 1.44 bits per heavy atom. The minimum Gasteiger partial charge on any atom is -0.236 e. The van der Waals surface area contributed by atoms with Crippen LogP contribution >= 0.6 is 31.9 Å². The third-order valence-electron chi connectivity index (χ3n) is 1.92. The minimum absolute atomic E-state index is 0.0187. The van der Waals surface area contributed by atoms with E-state index in [0.717, 1.165) is 0 Å². The molecule has 0 fully saturated rings. The molecule has 0 aliphatic carbocycles. The second-order valence-corrected chi connectivity index (χ2v) is 5.89. The molecule has 0 radical (unpaired) electrons. The van der Waals surface area contributed by atoms with Gasteiger partial charge < -0.3 is 0 Å². The fourth-order valence-corrected chi connectivity index (χ4v) is 1.88. The van der Waals surface area contributed by atoms with Gasteiger partial charge in [-0.2, -0.15) is 10.5 Å². The van der Waals surface area contributed by atoms with E-state index < -0.39 is 0 Å². The number of nitrogens with zero attached hydrogens (tertiary/aromatic N) is 4. The predicted molar refractivity (Wildman–Crippen MR) is 66.1 cm³/mol. The molecule has 6 heteroatoms. The van der Waals surface area contributed by atoms with Gasteiger partial charge in [0.05, 0.1) is 21.0 Å². The quantitative estimate of drug-likeness (QED) is 0.773. The van der Waals surface area contributed by atoms with Crippen molar-refractivity contribution in [3.63, 3.8) is 0 Å². The van der Waals surface area contributed by atoms with E-state index in [9.17, 15) is 0 Å². The first-order valence-corrected chi connectivity index (χ1v) is 6.34. The summed E-state index contributed by atoms with van der Waals surface area (Å²) in [6.07, 6.45) is 0. The van der Waals surface area contributed by atoms with Gasteiger partial charge in [-0.05, 0) is 13.8 Å². The first kappa shape index (κ1) is 13.1. The van der Waals surface area contributed by atoms with Gasteiger partial charge in [-0.1, -0.05) is 31.9 Å². The van der Waals surface area contributed by atoms with Crippen molar-refractivity contribution in [3.8, 4) is 12.1 Å². The molecule has 1 rings (SSSR count). The van der Waals surface area contributed by atoms with Gasteiger partial charge in [0.1, 0.15) is 12.1 Å². The van der Waals surface area contributed by atoms with Crippen LogP contribution in [0.1, 0.15) is 46.3 Å². The lowest BCUT2D eigenvalue weighted by molar-refractivity contribution is 0.879. The highest BCUT2D eigenvalue weighted by atomic mass is 79.9. The van der Waals surface area contributed by atoms with Crippen LogP contribution in [-0.2, 0) is 0 Å². The lowest BCUT2D eigenvalue weighted by Gasteiger charge is -2.12. The van der Waals surface area contributed by atoms with Crippen LogP contribution in [0.3, 0.4) is 0 Å². The molecule has 2 atom stereocenters. The largest absolute Gasteiger partial charge is 0.236 e. The molecule has 0 saturated carbocycles. The van der Waals surface area contributed by atoms with Gasteiger partial charge in [-0.25, -0.2) is 9.97 Å². The van der Waals surface area contributed by atoms with Gasteiger partial charge in [-0.15, -0.1) is 0 Å². The average Bonchev–Trinajstić information content (AvgIpc) is 2.26. The van der Waals surface area contributed by atoms with Crippen LogP contribution in [0.5, 0.6) is 0 Å². The Morgan fingerprint density at radius 2 is 1.25 bits per heavy atom. The number of halogens is 2. The topological polar surface area (TPSA) is 73.4 Å². The second kappa shape index (κ2) is 5.38. The summed E-state index contributed by atoms with van der Waals surface area (Å²) in [6.45, 7) is 3.80. The molecule has 16 heavy (non-hydrogen) atoms. The van der Waals surface area contributed by atoms with E-state index in [-0.39, 0.29) is 21.0 Å². The zero-order valence-electron chi connectivity index (χ0n) is 8.70. The van der Waals surface area contributed by atoms with Crippen LogP contribution in [0, 0.1) is 22.7 Å². The minimum atomic E-state index is -0.0187. The van der Waals surface area contributed by atoms with Crippen LogP contribution in [0.15, 0.2) is 0 Å². The smallest absolute Gasteiger partial charge is 0.177 e. The van der Waals surface area contributed by atoms with E-state index in [1.165, 1.54) is 0 Å². The maximum Gasteiger partial charge on any atom is 0.177 e. The van der Waals surface area contributed by atoms with Gasteiger partial charge in [0.15, 0.2) is 11.4 Å². The molecule has 1 heterocycles. The molecule has 0 amide bonds. The summed E-state index contributed by atoms with van der Waals surface area (Å²) >= 11 is 6.79. The van der Waals surface area contributed by atoms with E-state index >= 15 is 0 Å². The van der Waals surface area contributed by atoms with Crippen molar-refractivity contribution in [2.75, 3.05) is 0 Å². The van der Waals surface area contributed by atoms with E-state index in [1.54, 1.807) is 0 Å². The lowest BCUT2D eigenvalue weighted by atomic mass is 10.2. The van der Waals surface area contributed by atoms with Crippen molar-refractivity contribution in [1.82, 2.24) is 9.97 Å². The highest BCUT2D eigenvalue weighted by Crippen LogP contribution is 2.30. The van der Waals surface area contributed by atoms with Gasteiger partial charge in [0.2, 0.25) is 0 Å². The SMILES string of the molecule is CC(Br)c1nc(C#N)c(C#N)nc1C(C)Br. The fraction of sp³-hybridized carbons (Fsp3) is 0.400. The van der Waals surface area contributed by atoms with Gasteiger partial charge in [0, 0.05) is 0 Å². The first-order valence-electron chi connectivity index (χ1n) is 4.51. The zero-order chi connectivity index (χ0) is 12.3. The normalized spacial score (nSPS) is 13.6. The monoisotopic (exact) mass is 342 g/mol. The van der Waals surface area contributed by atoms with Crippen molar-refractivity contribution < 1.29 is 0 Å². The summed E-state index contributed by atoms with van der Waals surface area (Å²) in [7, 11) is 0. The molecule has 0 aliphatic rings. The van der Waals surface area contributed by atoms with Crippen LogP contribution in [-0.4, -0.2) is 9.97 Å². The molecular weight excluding hydrogens is 336 g/mol. The van der Waals surface area contributed by atoms with E-state index in [1.807, 2.05) is 26.0 Å². The van der Waals surface area contributed by atoms with Gasteiger partial charge in [-0.3, -0.25) is 0 Å². The summed E-state index contributed by atoms with van der Waals surface area (Å²) in [4.78, 5) is 8.28. The third-order valence-corrected chi connectivity index (χ3v) is 2.78. The summed E-state index contributed by atoms with van der Waals surface area (Å²) in [5.74, 6) is 0. The fourth-order valence-electron chi connectivity index (χ4n) is 1.20. The summed E-state index contributed by atoms with van der Waals surface area (Å²) < 4.78 is 0. The van der Waals surface area contributed by atoms with Crippen LogP contribution in [0.2, 0.25) is 0 Å². The number of nitriles is 2. The Kier molecular flexibility index (Phi) is 4.40. The maximum absolute atomic E-state index is 8.85. The summed E-state index contributed by atoms with van der Waals surface area (Å²) in [6, 6.07) is 3.75. The van der Waals surface area contributed by atoms with Crippen LogP contribution < -0.4 is 0 Å². The molecule has 0 N–H and O–H groups in total. The number of hydrogen-bond acceptors (Lipinski definition) is 4. The molecule has 0 aromatic carbocycles. The Morgan fingerprint density at radius 1 is 0.938 bits per heavy atom. The lowest BCUT2D eigenvalue weighted by Crippen LogP contribution is -2.07. The highest BCUT2D eigenvalue weighted by Gasteiger charge is 2.19. The van der Waals surface area contributed by atoms with Crippen molar-refractivity contribution in [2.24, 2.45) is 0 Å². The van der Waals surface area contributed by atoms with E-state index in [2.05, 4.69) is 41.8 Å². The van der Waals surface area contributed by atoms with Crippen molar-refractivity contribution in [1.29, 1.82) is 10.5 Å². The van der Waals surface area contributed by atoms with E-state index in [0.29, 0.717) is 11.4 Å². The molecule has 1 aromatic rings. The number of rotatable bonds is 2. The van der Waals surface area contributed by atoms with E-state index in [4.69, 9.17) is 10.5 Å². The van der Waals surface area contributed by atoms with Crippen molar-refractivity contribution in [3.05, 3.63) is 22.8 Å². The van der Waals surface area contributed by atoms with Crippen LogP contribution in [0.4, 0.5) is 0 Å². The molecule has 82 valence electrons. The highest BCUT2D eigenvalue weighted by molar-refractivity contribution is 9.09. The standard InChI is InChI=1S/C10H8Br2N4/c1-5(11)9-10(6(2)12)16-8(4-14)7(3-13)15-9/h5-6H,1-2H3. The Bertz CT molecular complexity index is 438. The molecule has 0 spiro atoms. The van der Waals surface area contributed by atoms with Crippen molar-refractivity contribution >= 4 is 31.9 Å². The summed E-state index contributed by atoms with van der Waals surface area (Å²) in [5, 5.41) is 17.7. The Balaban J connectivity index is 3.51. The maximum atomic E-state index is 8.85. The molecule has 0 bridgehead atoms.